The van der Waals surface area contributed by atoms with Crippen LogP contribution in [-0.2, 0) is 27.9 Å². The van der Waals surface area contributed by atoms with Crippen molar-refractivity contribution in [1.82, 2.24) is 19.8 Å². The molecule has 170 valence electrons. The molecule has 2 aromatic carbocycles. The molecule has 0 saturated carbocycles. The Bertz CT molecular complexity index is 1120. The SMILES string of the molecule is Cn1ccnc1C(NC(=O)COC(=O)c1ccc(CN2CCCC2=O)cc1)c1ccccc1. The van der Waals surface area contributed by atoms with Gasteiger partial charge in [-0.2, -0.15) is 0 Å². The predicted molar refractivity (Wildman–Crippen MR) is 121 cm³/mol. The van der Waals surface area contributed by atoms with Crippen LogP contribution in [-0.4, -0.2) is 45.4 Å². The van der Waals surface area contributed by atoms with Crippen molar-refractivity contribution in [3.63, 3.8) is 0 Å². The quantitative estimate of drug-likeness (QED) is 0.537. The second-order valence-electron chi connectivity index (χ2n) is 8.00. The summed E-state index contributed by atoms with van der Waals surface area (Å²) in [7, 11) is 1.85. The molecule has 1 fully saturated rings. The molecule has 1 aromatic heterocycles. The summed E-state index contributed by atoms with van der Waals surface area (Å²) in [5.41, 5.74) is 2.17. The van der Waals surface area contributed by atoms with Gasteiger partial charge in [-0.3, -0.25) is 9.59 Å². The molecule has 3 aromatic rings. The average molecular weight is 447 g/mol. The smallest absolute Gasteiger partial charge is 0.338 e. The Morgan fingerprint density at radius 2 is 1.88 bits per heavy atom. The van der Waals surface area contributed by atoms with Crippen LogP contribution in [0.3, 0.4) is 0 Å². The Morgan fingerprint density at radius 1 is 1.12 bits per heavy atom. The normalized spacial score (nSPS) is 14.2. The third-order valence-corrected chi connectivity index (χ3v) is 5.62. The molecular formula is C25H26N4O4. The Kier molecular flexibility index (Phi) is 6.83. The molecule has 0 aliphatic carbocycles. The zero-order chi connectivity index (χ0) is 23.2. The molecule has 4 rings (SSSR count). The van der Waals surface area contributed by atoms with Crippen LogP contribution in [0.4, 0.5) is 0 Å². The van der Waals surface area contributed by atoms with Crippen molar-refractivity contribution < 1.29 is 19.1 Å². The maximum Gasteiger partial charge on any atom is 0.338 e. The van der Waals surface area contributed by atoms with Gasteiger partial charge in [0.05, 0.1) is 5.56 Å². The topological polar surface area (TPSA) is 93.5 Å². The van der Waals surface area contributed by atoms with Gasteiger partial charge in [-0.1, -0.05) is 42.5 Å². The van der Waals surface area contributed by atoms with Gasteiger partial charge in [0.1, 0.15) is 11.9 Å². The van der Waals surface area contributed by atoms with Crippen molar-refractivity contribution >= 4 is 17.8 Å². The highest BCUT2D eigenvalue weighted by Crippen LogP contribution is 2.20. The first kappa shape index (κ1) is 22.3. The van der Waals surface area contributed by atoms with E-state index in [2.05, 4.69) is 10.3 Å². The molecule has 1 unspecified atom stereocenters. The number of ether oxygens (including phenoxy) is 1. The monoisotopic (exact) mass is 446 g/mol. The number of hydrogen-bond acceptors (Lipinski definition) is 5. The van der Waals surface area contributed by atoms with Gasteiger partial charge >= 0.3 is 5.97 Å². The largest absolute Gasteiger partial charge is 0.452 e. The van der Waals surface area contributed by atoms with Gasteiger partial charge in [0, 0.05) is 39.0 Å². The van der Waals surface area contributed by atoms with Crippen molar-refractivity contribution in [3.05, 3.63) is 89.5 Å². The fourth-order valence-corrected chi connectivity index (χ4v) is 3.85. The minimum absolute atomic E-state index is 0.156. The molecule has 0 radical (unpaired) electrons. The first-order valence-corrected chi connectivity index (χ1v) is 10.9. The molecule has 2 amide bonds. The standard InChI is InChI=1S/C25H26N4O4/c1-28-15-13-26-24(28)23(19-6-3-2-4-7-19)27-21(30)17-33-25(32)20-11-9-18(10-12-20)16-29-14-5-8-22(29)31/h2-4,6-7,9-13,15,23H,5,8,14,16-17H2,1H3,(H,27,30). The molecule has 8 heteroatoms. The number of imidazole rings is 1. The van der Waals surface area contributed by atoms with Gasteiger partial charge in [-0.05, 0) is 29.7 Å². The third-order valence-electron chi connectivity index (χ3n) is 5.62. The number of esters is 1. The number of likely N-dealkylation sites (tertiary alicyclic amines) is 1. The van der Waals surface area contributed by atoms with Gasteiger partial charge < -0.3 is 19.5 Å². The molecule has 0 bridgehead atoms. The van der Waals surface area contributed by atoms with E-state index >= 15 is 0 Å². The van der Waals surface area contributed by atoms with Crippen molar-refractivity contribution in [3.8, 4) is 0 Å². The number of aromatic nitrogens is 2. The van der Waals surface area contributed by atoms with E-state index in [4.69, 9.17) is 4.74 Å². The van der Waals surface area contributed by atoms with E-state index in [1.807, 2.05) is 46.8 Å². The molecule has 33 heavy (non-hydrogen) atoms. The zero-order valence-electron chi connectivity index (χ0n) is 18.4. The van der Waals surface area contributed by atoms with E-state index < -0.39 is 24.5 Å². The van der Waals surface area contributed by atoms with Gasteiger partial charge in [-0.25, -0.2) is 9.78 Å². The van der Waals surface area contributed by atoms with Gasteiger partial charge in [0.2, 0.25) is 5.91 Å². The van der Waals surface area contributed by atoms with E-state index in [0.717, 1.165) is 24.1 Å². The lowest BCUT2D eigenvalue weighted by Gasteiger charge is -2.19. The average Bonchev–Trinajstić information content (AvgIpc) is 3.44. The first-order chi connectivity index (χ1) is 16.0. The van der Waals surface area contributed by atoms with Crippen LogP contribution in [0, 0.1) is 0 Å². The molecule has 1 saturated heterocycles. The van der Waals surface area contributed by atoms with Crippen LogP contribution in [0.15, 0.2) is 67.0 Å². The van der Waals surface area contributed by atoms with E-state index in [0.29, 0.717) is 24.4 Å². The van der Waals surface area contributed by atoms with Crippen LogP contribution in [0.5, 0.6) is 0 Å². The number of rotatable bonds is 8. The zero-order valence-corrected chi connectivity index (χ0v) is 18.4. The van der Waals surface area contributed by atoms with E-state index in [9.17, 15) is 14.4 Å². The molecule has 8 nitrogen and oxygen atoms in total. The van der Waals surface area contributed by atoms with Crippen molar-refractivity contribution in [2.45, 2.75) is 25.4 Å². The van der Waals surface area contributed by atoms with Gasteiger partial charge in [-0.15, -0.1) is 0 Å². The summed E-state index contributed by atoms with van der Waals surface area (Å²) in [5.74, 6) is -0.177. The molecule has 1 atom stereocenters. The number of carbonyl (C=O) groups is 3. The summed E-state index contributed by atoms with van der Waals surface area (Å²) in [5, 5.41) is 2.90. The maximum absolute atomic E-state index is 12.6. The highest BCUT2D eigenvalue weighted by Gasteiger charge is 2.22. The Morgan fingerprint density at radius 3 is 2.52 bits per heavy atom. The van der Waals surface area contributed by atoms with Crippen molar-refractivity contribution in [2.75, 3.05) is 13.2 Å². The number of aryl methyl sites for hydroxylation is 1. The first-order valence-electron chi connectivity index (χ1n) is 10.9. The lowest BCUT2D eigenvalue weighted by Crippen LogP contribution is -2.34. The highest BCUT2D eigenvalue weighted by atomic mass is 16.5. The number of benzene rings is 2. The van der Waals surface area contributed by atoms with Gasteiger partial charge in [0.25, 0.3) is 5.91 Å². The van der Waals surface area contributed by atoms with Crippen LogP contribution in [0.25, 0.3) is 0 Å². The van der Waals surface area contributed by atoms with Crippen LogP contribution < -0.4 is 5.32 Å². The number of nitrogens with one attached hydrogen (secondary N) is 1. The number of carbonyl (C=O) groups excluding carboxylic acids is 3. The van der Waals surface area contributed by atoms with Crippen molar-refractivity contribution in [1.29, 1.82) is 0 Å². The van der Waals surface area contributed by atoms with Crippen LogP contribution in [0.2, 0.25) is 0 Å². The minimum Gasteiger partial charge on any atom is -0.452 e. The van der Waals surface area contributed by atoms with Crippen molar-refractivity contribution in [2.24, 2.45) is 7.05 Å². The Balaban J connectivity index is 1.34. The molecule has 1 aliphatic rings. The molecule has 2 heterocycles. The third kappa shape index (κ3) is 5.46. The summed E-state index contributed by atoms with van der Waals surface area (Å²) in [4.78, 5) is 42.9. The van der Waals surface area contributed by atoms with Crippen LogP contribution >= 0.6 is 0 Å². The summed E-state index contributed by atoms with van der Waals surface area (Å²) < 4.78 is 7.06. The Hall–Kier alpha value is -3.94. The summed E-state index contributed by atoms with van der Waals surface area (Å²) in [6.07, 6.45) is 4.95. The van der Waals surface area contributed by atoms with Crippen LogP contribution in [0.1, 0.15) is 46.2 Å². The Labute approximate surface area is 192 Å². The highest BCUT2D eigenvalue weighted by molar-refractivity contribution is 5.91. The number of amides is 2. The summed E-state index contributed by atoms with van der Waals surface area (Å²) in [6.45, 7) is 0.890. The summed E-state index contributed by atoms with van der Waals surface area (Å²) in [6, 6.07) is 15.9. The fourth-order valence-electron chi connectivity index (χ4n) is 3.85. The fraction of sp³-hybridized carbons (Fsp3) is 0.280. The second kappa shape index (κ2) is 10.1. The number of hydrogen-bond donors (Lipinski definition) is 1. The molecule has 1 aliphatic heterocycles. The maximum atomic E-state index is 12.6. The van der Waals surface area contributed by atoms with E-state index in [1.54, 1.807) is 36.7 Å². The summed E-state index contributed by atoms with van der Waals surface area (Å²) >= 11 is 0. The molecular weight excluding hydrogens is 420 g/mol. The number of nitrogens with zero attached hydrogens (tertiary/aromatic N) is 3. The lowest BCUT2D eigenvalue weighted by molar-refractivity contribution is -0.128. The second-order valence-corrected chi connectivity index (χ2v) is 8.00. The molecule has 1 N–H and O–H groups in total. The molecule has 0 spiro atoms. The lowest BCUT2D eigenvalue weighted by atomic mass is 10.1. The van der Waals surface area contributed by atoms with E-state index in [-0.39, 0.29) is 5.91 Å². The predicted octanol–water partition coefficient (Wildman–Crippen LogP) is 2.61. The van der Waals surface area contributed by atoms with E-state index in [1.165, 1.54) is 0 Å². The minimum atomic E-state index is -0.581. The van der Waals surface area contributed by atoms with Gasteiger partial charge in [0.15, 0.2) is 6.61 Å².